The highest BCUT2D eigenvalue weighted by Gasteiger charge is 2.15. The van der Waals surface area contributed by atoms with Gasteiger partial charge in [-0.15, -0.1) is 0 Å². The summed E-state index contributed by atoms with van der Waals surface area (Å²) in [6, 6.07) is 21.4. The second-order valence-electron chi connectivity index (χ2n) is 6.77. The molecular formula is C24H22BrN3O3S. The minimum atomic E-state index is -0.359. The SMILES string of the molecule is CCOc1ccc(C(=O)NC(=S)Nc2cccc(C(=O)N(C)c3ccccc3)c2)cc1Br. The van der Waals surface area contributed by atoms with Gasteiger partial charge in [0, 0.05) is 29.5 Å². The molecular weight excluding hydrogens is 490 g/mol. The van der Waals surface area contributed by atoms with Gasteiger partial charge in [-0.05, 0) is 83.6 Å². The van der Waals surface area contributed by atoms with Gasteiger partial charge in [-0.1, -0.05) is 24.3 Å². The number of benzene rings is 3. The summed E-state index contributed by atoms with van der Waals surface area (Å²) < 4.78 is 6.14. The molecule has 0 heterocycles. The van der Waals surface area contributed by atoms with Gasteiger partial charge < -0.3 is 15.0 Å². The number of carbonyl (C=O) groups excluding carboxylic acids is 2. The number of ether oxygens (including phenoxy) is 1. The van der Waals surface area contributed by atoms with Crippen LogP contribution in [-0.4, -0.2) is 30.6 Å². The van der Waals surface area contributed by atoms with E-state index in [4.69, 9.17) is 17.0 Å². The van der Waals surface area contributed by atoms with Crippen molar-refractivity contribution in [3.05, 3.63) is 88.4 Å². The first kappa shape index (κ1) is 23.4. The second-order valence-corrected chi connectivity index (χ2v) is 8.03. The Kier molecular flexibility index (Phi) is 7.97. The normalized spacial score (nSPS) is 10.2. The first-order chi connectivity index (χ1) is 15.4. The average molecular weight is 512 g/mol. The predicted molar refractivity (Wildman–Crippen MR) is 135 cm³/mol. The minimum Gasteiger partial charge on any atom is -0.493 e. The highest BCUT2D eigenvalue weighted by atomic mass is 79.9. The van der Waals surface area contributed by atoms with Crippen molar-refractivity contribution in [3.63, 3.8) is 0 Å². The maximum absolute atomic E-state index is 12.8. The Morgan fingerprint density at radius 3 is 2.44 bits per heavy atom. The maximum Gasteiger partial charge on any atom is 0.258 e. The third-order valence-electron chi connectivity index (χ3n) is 4.54. The van der Waals surface area contributed by atoms with E-state index < -0.39 is 0 Å². The predicted octanol–water partition coefficient (Wildman–Crippen LogP) is 5.25. The number of thiocarbonyl (C=S) groups is 1. The number of halogens is 1. The molecule has 0 aliphatic heterocycles. The van der Waals surface area contributed by atoms with Crippen molar-refractivity contribution in [3.8, 4) is 5.75 Å². The molecule has 0 spiro atoms. The van der Waals surface area contributed by atoms with Gasteiger partial charge in [0.05, 0.1) is 11.1 Å². The van der Waals surface area contributed by atoms with Gasteiger partial charge in [0.15, 0.2) is 5.11 Å². The van der Waals surface area contributed by atoms with Gasteiger partial charge in [-0.2, -0.15) is 0 Å². The highest BCUT2D eigenvalue weighted by Crippen LogP contribution is 2.26. The fourth-order valence-electron chi connectivity index (χ4n) is 2.94. The lowest BCUT2D eigenvalue weighted by Crippen LogP contribution is -2.34. The van der Waals surface area contributed by atoms with E-state index in [2.05, 4.69) is 26.6 Å². The summed E-state index contributed by atoms with van der Waals surface area (Å²) in [5.41, 5.74) is 2.31. The second kappa shape index (κ2) is 10.9. The molecule has 3 aromatic rings. The standard InChI is InChI=1S/C24H22BrN3O3S/c1-3-31-21-13-12-16(15-20(21)25)22(29)27-24(32)26-18-9-7-8-17(14-18)23(30)28(2)19-10-5-4-6-11-19/h4-15H,3H2,1-2H3,(H2,26,27,29,32). The smallest absolute Gasteiger partial charge is 0.258 e. The van der Waals surface area contributed by atoms with Gasteiger partial charge in [-0.25, -0.2) is 0 Å². The molecule has 0 saturated carbocycles. The Labute approximate surface area is 200 Å². The number of hydrogen-bond acceptors (Lipinski definition) is 4. The lowest BCUT2D eigenvalue weighted by Gasteiger charge is -2.18. The van der Waals surface area contributed by atoms with Gasteiger partial charge in [0.1, 0.15) is 5.75 Å². The number of nitrogens with zero attached hydrogens (tertiary/aromatic N) is 1. The molecule has 6 nitrogen and oxygen atoms in total. The number of nitrogens with one attached hydrogen (secondary N) is 2. The third kappa shape index (κ3) is 5.93. The highest BCUT2D eigenvalue weighted by molar-refractivity contribution is 9.10. The van der Waals surface area contributed by atoms with Crippen molar-refractivity contribution in [2.45, 2.75) is 6.92 Å². The Morgan fingerprint density at radius 1 is 1.00 bits per heavy atom. The quantitative estimate of drug-likeness (QED) is 0.442. The molecule has 2 N–H and O–H groups in total. The Morgan fingerprint density at radius 2 is 1.75 bits per heavy atom. The number of anilines is 2. The molecule has 0 radical (unpaired) electrons. The van der Waals surface area contributed by atoms with Crippen molar-refractivity contribution in [2.75, 3.05) is 23.9 Å². The van der Waals surface area contributed by atoms with E-state index in [9.17, 15) is 9.59 Å². The lowest BCUT2D eigenvalue weighted by molar-refractivity contribution is 0.0974. The van der Waals surface area contributed by atoms with E-state index in [-0.39, 0.29) is 16.9 Å². The van der Waals surface area contributed by atoms with Gasteiger partial charge in [0.25, 0.3) is 11.8 Å². The minimum absolute atomic E-state index is 0.126. The number of rotatable bonds is 6. The Balaban J connectivity index is 1.65. The van der Waals surface area contributed by atoms with E-state index in [1.807, 2.05) is 37.3 Å². The average Bonchev–Trinajstić information content (AvgIpc) is 2.80. The summed E-state index contributed by atoms with van der Waals surface area (Å²) in [4.78, 5) is 26.9. The molecule has 0 saturated heterocycles. The largest absolute Gasteiger partial charge is 0.493 e. The van der Waals surface area contributed by atoms with Crippen LogP contribution in [0.1, 0.15) is 27.6 Å². The Hall–Kier alpha value is -3.23. The maximum atomic E-state index is 12.8. The molecule has 3 aromatic carbocycles. The van der Waals surface area contributed by atoms with Crippen LogP contribution in [0.15, 0.2) is 77.3 Å². The molecule has 3 rings (SSSR count). The monoisotopic (exact) mass is 511 g/mol. The van der Waals surface area contributed by atoms with Crippen LogP contribution in [0.3, 0.4) is 0 Å². The van der Waals surface area contributed by atoms with Gasteiger partial charge in [0.2, 0.25) is 0 Å². The van der Waals surface area contributed by atoms with Crippen LogP contribution < -0.4 is 20.3 Å². The van der Waals surface area contributed by atoms with Crippen molar-refractivity contribution in [2.24, 2.45) is 0 Å². The van der Waals surface area contributed by atoms with Crippen molar-refractivity contribution < 1.29 is 14.3 Å². The summed E-state index contributed by atoms with van der Waals surface area (Å²) in [5, 5.41) is 5.73. The lowest BCUT2D eigenvalue weighted by atomic mass is 10.1. The molecule has 0 aromatic heterocycles. The molecule has 0 fully saturated rings. The molecule has 164 valence electrons. The zero-order chi connectivity index (χ0) is 23.1. The summed E-state index contributed by atoms with van der Waals surface area (Å²) in [7, 11) is 1.72. The van der Waals surface area contributed by atoms with Gasteiger partial charge in [-0.3, -0.25) is 14.9 Å². The molecule has 0 aliphatic rings. The summed E-state index contributed by atoms with van der Waals surface area (Å²) in [6.45, 7) is 2.42. The molecule has 2 amide bonds. The van der Waals surface area contributed by atoms with Crippen LogP contribution >= 0.6 is 28.1 Å². The summed E-state index contributed by atoms with van der Waals surface area (Å²) >= 11 is 8.67. The van der Waals surface area contributed by atoms with Crippen LogP contribution in [-0.2, 0) is 0 Å². The van der Waals surface area contributed by atoms with Crippen molar-refractivity contribution in [1.82, 2.24) is 5.32 Å². The number of para-hydroxylation sites is 1. The van der Waals surface area contributed by atoms with E-state index in [1.165, 1.54) is 0 Å². The van der Waals surface area contributed by atoms with E-state index in [0.717, 1.165) is 5.69 Å². The number of amides is 2. The molecule has 0 bridgehead atoms. The van der Waals surface area contributed by atoms with Crippen LogP contribution in [0.4, 0.5) is 11.4 Å². The summed E-state index contributed by atoms with van der Waals surface area (Å²) in [5.74, 6) is 0.142. The summed E-state index contributed by atoms with van der Waals surface area (Å²) in [6.07, 6.45) is 0. The first-order valence-corrected chi connectivity index (χ1v) is 11.1. The van der Waals surface area contributed by atoms with Gasteiger partial charge >= 0.3 is 0 Å². The molecule has 0 unspecified atom stereocenters. The fourth-order valence-corrected chi connectivity index (χ4v) is 3.65. The first-order valence-electron chi connectivity index (χ1n) is 9.87. The van der Waals surface area contributed by atoms with Crippen LogP contribution in [0.25, 0.3) is 0 Å². The van der Waals surface area contributed by atoms with E-state index >= 15 is 0 Å². The molecule has 32 heavy (non-hydrogen) atoms. The number of hydrogen-bond donors (Lipinski definition) is 2. The Bertz CT molecular complexity index is 1140. The van der Waals surface area contributed by atoms with Crippen molar-refractivity contribution in [1.29, 1.82) is 0 Å². The molecule has 0 aliphatic carbocycles. The topological polar surface area (TPSA) is 70.7 Å². The molecule has 0 atom stereocenters. The van der Waals surface area contributed by atoms with Crippen LogP contribution in [0.5, 0.6) is 5.75 Å². The third-order valence-corrected chi connectivity index (χ3v) is 5.36. The van der Waals surface area contributed by atoms with Crippen LogP contribution in [0.2, 0.25) is 0 Å². The molecule has 8 heteroatoms. The van der Waals surface area contributed by atoms with E-state index in [0.29, 0.717) is 33.6 Å². The number of carbonyl (C=O) groups is 2. The zero-order valence-corrected chi connectivity index (χ0v) is 20.0. The van der Waals surface area contributed by atoms with Crippen LogP contribution in [0, 0.1) is 0 Å². The zero-order valence-electron chi connectivity index (χ0n) is 17.6. The van der Waals surface area contributed by atoms with Crippen molar-refractivity contribution >= 4 is 56.4 Å². The fraction of sp³-hybridized carbons (Fsp3) is 0.125. The van der Waals surface area contributed by atoms with E-state index in [1.54, 1.807) is 54.4 Å².